The topological polar surface area (TPSA) is 58.5 Å². The minimum absolute atomic E-state index is 0.0827. The summed E-state index contributed by atoms with van der Waals surface area (Å²) < 4.78 is 11.2. The molecule has 0 saturated heterocycles. The van der Waals surface area contributed by atoms with Crippen molar-refractivity contribution < 1.29 is 13.9 Å². The van der Waals surface area contributed by atoms with Crippen molar-refractivity contribution in [2.24, 2.45) is 0 Å². The Labute approximate surface area is 175 Å². The first-order valence-corrected chi connectivity index (χ1v) is 10.3. The van der Waals surface area contributed by atoms with Gasteiger partial charge in [0, 0.05) is 28.7 Å². The molecular formula is C25H24N2O3. The number of rotatable bonds is 4. The van der Waals surface area contributed by atoms with E-state index in [4.69, 9.17) is 9.15 Å². The van der Waals surface area contributed by atoms with E-state index < -0.39 is 0 Å². The van der Waals surface area contributed by atoms with Gasteiger partial charge in [-0.25, -0.2) is 0 Å². The summed E-state index contributed by atoms with van der Waals surface area (Å²) in [4.78, 5) is 19.0. The SMILES string of the molecule is CCOc1ccc([C@H]2c3[nH]c4ccccc4c3CCN2C(=O)c2occc2C)cc1. The molecule has 2 aromatic heterocycles. The van der Waals surface area contributed by atoms with Crippen LogP contribution in [0.2, 0.25) is 0 Å². The molecule has 0 unspecified atom stereocenters. The molecule has 1 N–H and O–H groups in total. The van der Waals surface area contributed by atoms with Crippen molar-refractivity contribution in [3.8, 4) is 5.75 Å². The number of aromatic amines is 1. The fourth-order valence-electron chi connectivity index (χ4n) is 4.44. The number of hydrogen-bond donors (Lipinski definition) is 1. The predicted molar refractivity (Wildman–Crippen MR) is 116 cm³/mol. The van der Waals surface area contributed by atoms with Gasteiger partial charge in [-0.1, -0.05) is 30.3 Å². The molecule has 0 bridgehead atoms. The van der Waals surface area contributed by atoms with Gasteiger partial charge < -0.3 is 19.0 Å². The summed E-state index contributed by atoms with van der Waals surface area (Å²) in [6.45, 7) is 5.13. The van der Waals surface area contributed by atoms with Crippen molar-refractivity contribution in [3.63, 3.8) is 0 Å². The highest BCUT2D eigenvalue weighted by Crippen LogP contribution is 2.39. The van der Waals surface area contributed by atoms with Crippen LogP contribution in [0.5, 0.6) is 5.75 Å². The van der Waals surface area contributed by atoms with E-state index in [-0.39, 0.29) is 11.9 Å². The first-order valence-electron chi connectivity index (χ1n) is 10.3. The number of nitrogens with zero attached hydrogens (tertiary/aromatic N) is 1. The normalized spacial score (nSPS) is 15.9. The number of ether oxygens (including phenoxy) is 1. The molecule has 1 aliphatic heterocycles. The van der Waals surface area contributed by atoms with E-state index in [1.807, 2.05) is 55.1 Å². The molecule has 1 atom stereocenters. The molecule has 1 aliphatic rings. The number of benzene rings is 2. The van der Waals surface area contributed by atoms with E-state index in [9.17, 15) is 4.79 Å². The van der Waals surface area contributed by atoms with E-state index in [0.717, 1.165) is 34.5 Å². The van der Waals surface area contributed by atoms with Crippen LogP contribution >= 0.6 is 0 Å². The van der Waals surface area contributed by atoms with Gasteiger partial charge in [0.15, 0.2) is 5.76 Å². The van der Waals surface area contributed by atoms with Crippen LogP contribution in [0.4, 0.5) is 0 Å². The number of aryl methyl sites for hydroxylation is 1. The Bertz CT molecular complexity index is 1200. The van der Waals surface area contributed by atoms with Crippen molar-refractivity contribution >= 4 is 16.8 Å². The number of nitrogens with one attached hydrogen (secondary N) is 1. The Hall–Kier alpha value is -3.47. The Kier molecular flexibility index (Phi) is 4.58. The number of carbonyl (C=O) groups is 1. The molecule has 3 heterocycles. The fraction of sp³-hybridized carbons (Fsp3) is 0.240. The minimum Gasteiger partial charge on any atom is -0.494 e. The molecule has 0 radical (unpaired) electrons. The maximum atomic E-state index is 13.5. The van der Waals surface area contributed by atoms with Crippen molar-refractivity contribution in [2.45, 2.75) is 26.3 Å². The number of hydrogen-bond acceptors (Lipinski definition) is 3. The third kappa shape index (κ3) is 2.98. The molecule has 30 heavy (non-hydrogen) atoms. The Balaban J connectivity index is 1.64. The minimum atomic E-state index is -0.214. The molecule has 0 spiro atoms. The molecule has 0 saturated carbocycles. The first-order chi connectivity index (χ1) is 14.7. The van der Waals surface area contributed by atoms with Crippen molar-refractivity contribution in [3.05, 3.63) is 89.0 Å². The molecule has 0 aliphatic carbocycles. The number of fused-ring (bicyclic) bond motifs is 3. The van der Waals surface area contributed by atoms with Gasteiger partial charge in [-0.05, 0) is 55.7 Å². The lowest BCUT2D eigenvalue weighted by molar-refractivity contribution is 0.0658. The Morgan fingerprint density at radius 1 is 1.17 bits per heavy atom. The number of furan rings is 1. The highest BCUT2D eigenvalue weighted by atomic mass is 16.5. The van der Waals surface area contributed by atoms with Crippen LogP contribution in [-0.2, 0) is 6.42 Å². The lowest BCUT2D eigenvalue weighted by Crippen LogP contribution is -2.40. The van der Waals surface area contributed by atoms with Gasteiger partial charge in [0.25, 0.3) is 5.91 Å². The summed E-state index contributed by atoms with van der Waals surface area (Å²) in [6, 6.07) is 18.0. The van der Waals surface area contributed by atoms with Crippen molar-refractivity contribution in [1.29, 1.82) is 0 Å². The predicted octanol–water partition coefficient (Wildman–Crippen LogP) is 5.26. The number of para-hydroxylation sites is 1. The fourth-order valence-corrected chi connectivity index (χ4v) is 4.44. The van der Waals surface area contributed by atoms with E-state index in [2.05, 4.69) is 23.2 Å². The summed E-state index contributed by atoms with van der Waals surface area (Å²) in [6.07, 6.45) is 2.38. The highest BCUT2D eigenvalue weighted by Gasteiger charge is 2.36. The second-order valence-electron chi connectivity index (χ2n) is 7.65. The third-order valence-corrected chi connectivity index (χ3v) is 5.86. The lowest BCUT2D eigenvalue weighted by Gasteiger charge is -2.36. The smallest absolute Gasteiger partial charge is 0.290 e. The molecule has 2 aromatic carbocycles. The summed E-state index contributed by atoms with van der Waals surface area (Å²) in [5.41, 5.74) is 5.35. The summed E-state index contributed by atoms with van der Waals surface area (Å²) in [5.74, 6) is 1.15. The van der Waals surface area contributed by atoms with Crippen LogP contribution in [0.15, 0.2) is 65.3 Å². The average molecular weight is 400 g/mol. The average Bonchev–Trinajstić information content (AvgIpc) is 3.36. The molecule has 1 amide bonds. The molecule has 5 heteroatoms. The lowest BCUT2D eigenvalue weighted by atomic mass is 9.92. The van der Waals surface area contributed by atoms with Gasteiger partial charge in [-0.3, -0.25) is 4.79 Å². The summed E-state index contributed by atoms with van der Waals surface area (Å²) >= 11 is 0. The maximum Gasteiger partial charge on any atom is 0.290 e. The highest BCUT2D eigenvalue weighted by molar-refractivity contribution is 5.94. The second-order valence-corrected chi connectivity index (χ2v) is 7.65. The van der Waals surface area contributed by atoms with Crippen molar-refractivity contribution in [1.82, 2.24) is 9.88 Å². The number of H-pyrrole nitrogens is 1. The van der Waals surface area contributed by atoms with Gasteiger partial charge in [0.2, 0.25) is 0 Å². The Morgan fingerprint density at radius 2 is 1.97 bits per heavy atom. The third-order valence-electron chi connectivity index (χ3n) is 5.86. The maximum absolute atomic E-state index is 13.5. The number of amides is 1. The molecular weight excluding hydrogens is 376 g/mol. The molecule has 0 fully saturated rings. The van der Waals surface area contributed by atoms with Crippen LogP contribution in [0.25, 0.3) is 10.9 Å². The van der Waals surface area contributed by atoms with E-state index in [1.165, 1.54) is 10.9 Å². The number of aromatic nitrogens is 1. The van der Waals surface area contributed by atoms with E-state index >= 15 is 0 Å². The molecule has 152 valence electrons. The number of carbonyl (C=O) groups excluding carboxylic acids is 1. The van der Waals surface area contributed by atoms with Gasteiger partial charge in [0.05, 0.1) is 18.9 Å². The Morgan fingerprint density at radius 3 is 2.70 bits per heavy atom. The van der Waals surface area contributed by atoms with Crippen LogP contribution < -0.4 is 4.74 Å². The van der Waals surface area contributed by atoms with Crippen LogP contribution in [0.3, 0.4) is 0 Å². The van der Waals surface area contributed by atoms with Gasteiger partial charge in [0.1, 0.15) is 5.75 Å². The standard InChI is InChI=1S/C25H24N2O3/c1-3-29-18-10-8-17(9-11-18)23-22-20(19-6-4-5-7-21(19)26-22)12-14-27(23)25(28)24-16(2)13-15-30-24/h4-11,13,15,23,26H,3,12,14H2,1-2H3/t23-/m0/s1. The zero-order valence-corrected chi connectivity index (χ0v) is 17.1. The largest absolute Gasteiger partial charge is 0.494 e. The zero-order chi connectivity index (χ0) is 20.7. The van der Waals surface area contributed by atoms with Crippen LogP contribution in [-0.4, -0.2) is 28.9 Å². The van der Waals surface area contributed by atoms with Gasteiger partial charge in [-0.2, -0.15) is 0 Å². The summed E-state index contributed by atoms with van der Waals surface area (Å²) in [5, 5.41) is 1.23. The van der Waals surface area contributed by atoms with Crippen LogP contribution in [0, 0.1) is 6.92 Å². The monoisotopic (exact) mass is 400 g/mol. The second kappa shape index (κ2) is 7.41. The van der Waals surface area contributed by atoms with Crippen LogP contribution in [0.1, 0.15) is 45.9 Å². The first kappa shape index (κ1) is 18.6. The van der Waals surface area contributed by atoms with Gasteiger partial charge >= 0.3 is 0 Å². The van der Waals surface area contributed by atoms with Gasteiger partial charge in [-0.15, -0.1) is 0 Å². The molecule has 5 rings (SSSR count). The molecule has 5 nitrogen and oxygen atoms in total. The zero-order valence-electron chi connectivity index (χ0n) is 17.1. The molecule has 4 aromatic rings. The van der Waals surface area contributed by atoms with E-state index in [1.54, 1.807) is 6.26 Å². The van der Waals surface area contributed by atoms with E-state index in [0.29, 0.717) is 18.9 Å². The quantitative estimate of drug-likeness (QED) is 0.509. The van der Waals surface area contributed by atoms with Crippen molar-refractivity contribution in [2.75, 3.05) is 13.2 Å². The summed E-state index contributed by atoms with van der Waals surface area (Å²) in [7, 11) is 0.